The molecule has 1 aromatic heterocycles. The number of halogens is 4. The van der Waals surface area contributed by atoms with E-state index < -0.39 is 29.4 Å². The van der Waals surface area contributed by atoms with Crippen LogP contribution in [0.15, 0.2) is 36.4 Å². The van der Waals surface area contributed by atoms with E-state index in [4.69, 9.17) is 16.3 Å². The number of carbonyl (C=O) groups is 2. The zero-order chi connectivity index (χ0) is 20.5. The predicted octanol–water partition coefficient (Wildman–Crippen LogP) is 3.75. The summed E-state index contributed by atoms with van der Waals surface area (Å²) >= 11 is 6.09. The molecule has 2 amide bonds. The second-order valence-electron chi connectivity index (χ2n) is 6.09. The zero-order valence-electron chi connectivity index (χ0n) is 14.6. The fraction of sp³-hybridized carbons (Fsp3) is 0.278. The number of para-hydroxylation sites is 1. The van der Waals surface area contributed by atoms with Gasteiger partial charge < -0.3 is 15.0 Å². The van der Waals surface area contributed by atoms with Crippen molar-refractivity contribution in [3.8, 4) is 5.88 Å². The maximum absolute atomic E-state index is 13.2. The van der Waals surface area contributed by atoms with Crippen LogP contribution in [-0.4, -0.2) is 30.5 Å². The Kier molecular flexibility index (Phi) is 5.46. The van der Waals surface area contributed by atoms with E-state index in [0.29, 0.717) is 10.7 Å². The second-order valence-corrected chi connectivity index (χ2v) is 6.50. The number of pyridine rings is 1. The number of ether oxygens (including phenoxy) is 1. The number of alkyl halides is 3. The predicted molar refractivity (Wildman–Crippen MR) is 96.3 cm³/mol. The lowest BCUT2D eigenvalue weighted by Crippen LogP contribution is -2.29. The summed E-state index contributed by atoms with van der Waals surface area (Å²) in [6, 6.07) is 8.91. The van der Waals surface area contributed by atoms with Crippen LogP contribution in [0.4, 0.5) is 24.5 Å². The van der Waals surface area contributed by atoms with Gasteiger partial charge in [-0.05, 0) is 18.2 Å². The summed E-state index contributed by atoms with van der Waals surface area (Å²) in [5.41, 5.74) is -1.32. The van der Waals surface area contributed by atoms with Crippen molar-refractivity contribution in [3.63, 3.8) is 0 Å². The molecule has 1 aliphatic heterocycles. The summed E-state index contributed by atoms with van der Waals surface area (Å²) in [5.74, 6) is -2.10. The van der Waals surface area contributed by atoms with E-state index in [1.807, 2.05) is 0 Å². The molecule has 2 aromatic rings. The lowest BCUT2D eigenvalue weighted by molar-refractivity contribution is -0.140. The smallest absolute Gasteiger partial charge is 0.435 e. The van der Waals surface area contributed by atoms with Gasteiger partial charge in [0, 0.05) is 19.0 Å². The number of anilines is 2. The van der Waals surface area contributed by atoms with Crippen LogP contribution in [0.1, 0.15) is 12.1 Å². The first kappa shape index (κ1) is 19.9. The number of methoxy groups -OCH3 is 1. The third kappa shape index (κ3) is 4.04. The van der Waals surface area contributed by atoms with E-state index in [9.17, 15) is 22.8 Å². The third-order valence-corrected chi connectivity index (χ3v) is 4.56. The maximum Gasteiger partial charge on any atom is 0.435 e. The van der Waals surface area contributed by atoms with Crippen LogP contribution in [0, 0.1) is 5.92 Å². The molecule has 0 spiro atoms. The van der Waals surface area contributed by atoms with Crippen molar-refractivity contribution in [2.24, 2.45) is 5.92 Å². The molecule has 0 bridgehead atoms. The minimum absolute atomic E-state index is 0.0132. The van der Waals surface area contributed by atoms with Crippen molar-refractivity contribution in [1.82, 2.24) is 4.98 Å². The van der Waals surface area contributed by atoms with Gasteiger partial charge in [-0.25, -0.2) is 4.98 Å². The van der Waals surface area contributed by atoms with Crippen LogP contribution in [0.5, 0.6) is 5.88 Å². The van der Waals surface area contributed by atoms with Crippen molar-refractivity contribution in [2.45, 2.75) is 12.6 Å². The summed E-state index contributed by atoms with van der Waals surface area (Å²) in [7, 11) is 1.19. The van der Waals surface area contributed by atoms with Crippen molar-refractivity contribution >= 4 is 34.8 Å². The van der Waals surface area contributed by atoms with Gasteiger partial charge in [0.15, 0.2) is 5.69 Å². The maximum atomic E-state index is 13.2. The number of aromatic nitrogens is 1. The summed E-state index contributed by atoms with van der Waals surface area (Å²) in [6.45, 7) is 0.0132. The standard InChI is InChI=1S/C18H15ClF3N3O3/c1-28-14-7-6-12(16(24-14)18(20,21)22)23-17(27)10-8-15(26)25(9-10)13-5-3-2-4-11(13)19/h2-7,10H,8-9H2,1H3,(H,23,27). The number of rotatable bonds is 4. The minimum atomic E-state index is -4.79. The Balaban J connectivity index is 1.79. The van der Waals surface area contributed by atoms with Gasteiger partial charge in [-0.2, -0.15) is 13.2 Å². The number of carbonyl (C=O) groups excluding carboxylic acids is 2. The van der Waals surface area contributed by atoms with Crippen LogP contribution in [0.2, 0.25) is 5.02 Å². The molecule has 0 saturated carbocycles. The molecular formula is C18H15ClF3N3O3. The molecule has 1 N–H and O–H groups in total. The highest BCUT2D eigenvalue weighted by atomic mass is 35.5. The molecule has 148 valence electrons. The van der Waals surface area contributed by atoms with E-state index >= 15 is 0 Å². The highest BCUT2D eigenvalue weighted by Crippen LogP contribution is 2.36. The molecule has 1 atom stereocenters. The molecule has 1 fully saturated rings. The van der Waals surface area contributed by atoms with Gasteiger partial charge in [0.1, 0.15) is 0 Å². The number of hydrogen-bond acceptors (Lipinski definition) is 4. The SMILES string of the molecule is COc1ccc(NC(=O)C2CC(=O)N(c3ccccc3Cl)C2)c(C(F)(F)F)n1. The Hall–Kier alpha value is -2.81. The zero-order valence-corrected chi connectivity index (χ0v) is 15.3. The first-order chi connectivity index (χ1) is 13.2. The Morgan fingerprint density at radius 3 is 2.64 bits per heavy atom. The van der Waals surface area contributed by atoms with Crippen molar-refractivity contribution in [2.75, 3.05) is 23.9 Å². The van der Waals surface area contributed by atoms with Crippen LogP contribution >= 0.6 is 11.6 Å². The van der Waals surface area contributed by atoms with Gasteiger partial charge in [0.05, 0.1) is 29.4 Å². The van der Waals surface area contributed by atoms with Crippen LogP contribution in [0.25, 0.3) is 0 Å². The molecule has 0 radical (unpaired) electrons. The molecule has 2 heterocycles. The van der Waals surface area contributed by atoms with Crippen molar-refractivity contribution < 1.29 is 27.5 Å². The molecule has 10 heteroatoms. The number of nitrogens with zero attached hydrogens (tertiary/aromatic N) is 2. The van der Waals surface area contributed by atoms with E-state index in [-0.39, 0.29) is 24.8 Å². The van der Waals surface area contributed by atoms with Gasteiger partial charge in [-0.3, -0.25) is 9.59 Å². The average molecular weight is 414 g/mol. The lowest BCUT2D eigenvalue weighted by atomic mass is 10.1. The Morgan fingerprint density at radius 2 is 2.00 bits per heavy atom. The van der Waals surface area contributed by atoms with Crippen molar-refractivity contribution in [1.29, 1.82) is 0 Å². The van der Waals surface area contributed by atoms with Gasteiger partial charge in [-0.15, -0.1) is 0 Å². The van der Waals surface area contributed by atoms with Crippen LogP contribution in [-0.2, 0) is 15.8 Å². The molecule has 1 saturated heterocycles. The Bertz CT molecular complexity index is 920. The number of nitrogens with one attached hydrogen (secondary N) is 1. The molecule has 1 aromatic carbocycles. The number of amides is 2. The van der Waals surface area contributed by atoms with E-state index in [1.54, 1.807) is 24.3 Å². The fourth-order valence-corrected chi connectivity index (χ4v) is 3.13. The molecule has 0 aliphatic carbocycles. The Labute approximate surface area is 163 Å². The van der Waals surface area contributed by atoms with E-state index in [2.05, 4.69) is 10.3 Å². The molecular weight excluding hydrogens is 399 g/mol. The minimum Gasteiger partial charge on any atom is -0.481 e. The molecule has 28 heavy (non-hydrogen) atoms. The molecule has 6 nitrogen and oxygen atoms in total. The number of hydrogen-bond donors (Lipinski definition) is 1. The van der Waals surface area contributed by atoms with E-state index in [0.717, 1.165) is 6.07 Å². The summed E-state index contributed by atoms with van der Waals surface area (Å²) in [4.78, 5) is 29.5. The molecule has 3 rings (SSSR count). The van der Waals surface area contributed by atoms with Gasteiger partial charge in [0.25, 0.3) is 0 Å². The fourth-order valence-electron chi connectivity index (χ4n) is 2.89. The lowest BCUT2D eigenvalue weighted by Gasteiger charge is -2.18. The highest BCUT2D eigenvalue weighted by Gasteiger charge is 2.39. The summed E-state index contributed by atoms with van der Waals surface area (Å²) in [6.07, 6.45) is -4.92. The largest absolute Gasteiger partial charge is 0.481 e. The van der Waals surface area contributed by atoms with Crippen LogP contribution in [0.3, 0.4) is 0 Å². The number of benzene rings is 1. The average Bonchev–Trinajstić information content (AvgIpc) is 3.03. The van der Waals surface area contributed by atoms with Gasteiger partial charge >= 0.3 is 6.18 Å². The normalized spacial score (nSPS) is 17.0. The first-order valence-electron chi connectivity index (χ1n) is 8.18. The second kappa shape index (κ2) is 7.67. The molecule has 1 aliphatic rings. The van der Waals surface area contributed by atoms with Gasteiger partial charge in [0.2, 0.25) is 17.7 Å². The van der Waals surface area contributed by atoms with Crippen molar-refractivity contribution in [3.05, 3.63) is 47.1 Å². The quantitative estimate of drug-likeness (QED) is 0.828. The summed E-state index contributed by atoms with van der Waals surface area (Å²) in [5, 5.41) is 2.57. The van der Waals surface area contributed by atoms with Crippen LogP contribution < -0.4 is 15.0 Å². The highest BCUT2D eigenvalue weighted by molar-refractivity contribution is 6.33. The van der Waals surface area contributed by atoms with E-state index in [1.165, 1.54) is 18.1 Å². The Morgan fingerprint density at radius 1 is 1.29 bits per heavy atom. The molecule has 1 unspecified atom stereocenters. The first-order valence-corrected chi connectivity index (χ1v) is 8.56. The monoisotopic (exact) mass is 413 g/mol. The van der Waals surface area contributed by atoms with Gasteiger partial charge in [-0.1, -0.05) is 23.7 Å². The summed E-state index contributed by atoms with van der Waals surface area (Å²) < 4.78 is 44.4. The third-order valence-electron chi connectivity index (χ3n) is 4.24. The topological polar surface area (TPSA) is 71.5 Å².